The molecule has 0 aliphatic carbocycles. The fraction of sp³-hybridized carbons (Fsp3) is 0.227. The van der Waals surface area contributed by atoms with Crippen molar-refractivity contribution in [2.75, 3.05) is 32.7 Å². The van der Waals surface area contributed by atoms with Crippen LogP contribution < -0.4 is 25.3 Å². The molecule has 4 aromatic rings. The van der Waals surface area contributed by atoms with Crippen LogP contribution in [0.4, 0.5) is 15.9 Å². The van der Waals surface area contributed by atoms with E-state index >= 15 is 4.39 Å². The van der Waals surface area contributed by atoms with E-state index < -0.39 is 5.82 Å². The summed E-state index contributed by atoms with van der Waals surface area (Å²) in [6.45, 7) is 0.165. The average Bonchev–Trinajstić information content (AvgIpc) is 3.50. The van der Waals surface area contributed by atoms with E-state index in [1.165, 1.54) is 20.3 Å². The highest BCUT2D eigenvalue weighted by Crippen LogP contribution is 2.36. The number of methoxy groups -OCH3 is 2. The van der Waals surface area contributed by atoms with Gasteiger partial charge in [0.15, 0.2) is 23.0 Å². The maximum absolute atomic E-state index is 15.5. The van der Waals surface area contributed by atoms with Gasteiger partial charge < -0.3 is 14.4 Å². The van der Waals surface area contributed by atoms with Gasteiger partial charge in [-0.05, 0) is 12.1 Å². The number of hydrogen-bond acceptors (Lipinski definition) is 11. The largest absolute Gasteiger partial charge is 0.497 e. The van der Waals surface area contributed by atoms with Crippen molar-refractivity contribution in [3.63, 3.8) is 0 Å². The zero-order valence-electron chi connectivity index (χ0n) is 19.5. The number of aryl methyl sites for hydroxylation is 1. The number of halogens is 1. The van der Waals surface area contributed by atoms with Gasteiger partial charge >= 0.3 is 0 Å². The van der Waals surface area contributed by atoms with Gasteiger partial charge in [0.05, 0.1) is 44.5 Å². The summed E-state index contributed by atoms with van der Waals surface area (Å²) in [7, 11) is 6.50. The van der Waals surface area contributed by atoms with E-state index in [9.17, 15) is 0 Å². The minimum absolute atomic E-state index is 0.0420. The van der Waals surface area contributed by atoms with Crippen molar-refractivity contribution < 1.29 is 13.9 Å². The van der Waals surface area contributed by atoms with Crippen molar-refractivity contribution >= 4 is 28.5 Å². The zero-order valence-corrected chi connectivity index (χ0v) is 19.5. The molecule has 0 atom stereocenters. The lowest BCUT2D eigenvalue weighted by Crippen LogP contribution is -2.41. The Hall–Kier alpha value is -4.52. The van der Waals surface area contributed by atoms with Gasteiger partial charge in [0, 0.05) is 38.0 Å². The molecule has 3 aromatic heterocycles. The van der Waals surface area contributed by atoms with Crippen LogP contribution >= 0.6 is 0 Å². The van der Waals surface area contributed by atoms with Crippen molar-refractivity contribution in [1.82, 2.24) is 40.8 Å². The van der Waals surface area contributed by atoms with Gasteiger partial charge in [0.1, 0.15) is 17.1 Å². The molecule has 35 heavy (non-hydrogen) atoms. The zero-order chi connectivity index (χ0) is 24.5. The standard InChI is InChI=1S/C22H23FN10O2/c1-31-11-13(9-25-31)16-10-24-15-5-6-20(27-22(15)26-16)33(12-19-28-30-32(2)29-19)17-7-14(34-3)8-18(35-4)21(17)23/h5-11,30H,12H2,1-4H3,(H,28,29). The lowest BCUT2D eigenvalue weighted by Gasteiger charge is -2.25. The normalized spacial score (nSPS) is 13.3. The highest BCUT2D eigenvalue weighted by Gasteiger charge is 2.24. The summed E-state index contributed by atoms with van der Waals surface area (Å²) in [5, 5.41) is 10.00. The van der Waals surface area contributed by atoms with Gasteiger partial charge in [-0.15, -0.1) is 10.2 Å². The van der Waals surface area contributed by atoms with Gasteiger partial charge in [-0.25, -0.2) is 19.9 Å². The molecule has 1 aliphatic heterocycles. The summed E-state index contributed by atoms with van der Waals surface area (Å²) in [6, 6.07) is 6.60. The molecule has 0 spiro atoms. The Balaban J connectivity index is 1.62. The Kier molecular flexibility index (Phi) is 5.74. The summed E-state index contributed by atoms with van der Waals surface area (Å²) >= 11 is 0. The SMILES string of the molecule is COc1cc(OC)c(F)c(N(CC2=NNN(C)N2)c2ccc3ncc(-c4cnn(C)c4)nc3n2)c1. The lowest BCUT2D eigenvalue weighted by molar-refractivity contribution is 0.231. The molecular formula is C22H23FN10O2. The second-order valence-corrected chi connectivity index (χ2v) is 7.75. The third kappa shape index (κ3) is 4.36. The topological polar surface area (TPSA) is 118 Å². The maximum Gasteiger partial charge on any atom is 0.188 e. The molecule has 0 radical (unpaired) electrons. The van der Waals surface area contributed by atoms with Crippen LogP contribution in [0.15, 0.2) is 48.0 Å². The highest BCUT2D eigenvalue weighted by atomic mass is 19.1. The molecule has 13 heteroatoms. The number of fused-ring (bicyclic) bond motifs is 1. The van der Waals surface area contributed by atoms with Crippen molar-refractivity contribution in [2.24, 2.45) is 12.1 Å². The van der Waals surface area contributed by atoms with Crippen LogP contribution in [0.5, 0.6) is 11.5 Å². The van der Waals surface area contributed by atoms with Crippen LogP contribution in [0.3, 0.4) is 0 Å². The molecule has 5 rings (SSSR count). The van der Waals surface area contributed by atoms with Gasteiger partial charge in [0.2, 0.25) is 0 Å². The summed E-state index contributed by atoms with van der Waals surface area (Å²) in [6.07, 6.45) is 5.22. The van der Waals surface area contributed by atoms with Crippen molar-refractivity contribution in [2.45, 2.75) is 0 Å². The fourth-order valence-electron chi connectivity index (χ4n) is 3.64. The predicted octanol–water partition coefficient (Wildman–Crippen LogP) is 1.99. The van der Waals surface area contributed by atoms with E-state index in [2.05, 4.69) is 31.1 Å². The molecule has 180 valence electrons. The van der Waals surface area contributed by atoms with Crippen LogP contribution in [-0.2, 0) is 7.05 Å². The number of benzene rings is 1. The third-order valence-corrected chi connectivity index (χ3v) is 5.35. The summed E-state index contributed by atoms with van der Waals surface area (Å²) < 4.78 is 27.8. The lowest BCUT2D eigenvalue weighted by atomic mass is 10.2. The molecule has 1 aliphatic rings. The van der Waals surface area contributed by atoms with E-state index in [0.29, 0.717) is 34.3 Å². The predicted molar refractivity (Wildman–Crippen MR) is 128 cm³/mol. The number of pyridine rings is 1. The molecule has 0 fully saturated rings. The first kappa shape index (κ1) is 22.3. The molecule has 0 bridgehead atoms. The molecule has 4 heterocycles. The van der Waals surface area contributed by atoms with Gasteiger partial charge in [-0.3, -0.25) is 15.1 Å². The number of aromatic nitrogens is 5. The number of rotatable bonds is 7. The summed E-state index contributed by atoms with van der Waals surface area (Å²) in [5.41, 5.74) is 8.48. The number of hydrazine groups is 2. The summed E-state index contributed by atoms with van der Waals surface area (Å²) in [4.78, 5) is 15.5. The molecule has 1 aromatic carbocycles. The first-order chi connectivity index (χ1) is 16.9. The average molecular weight is 478 g/mol. The number of hydrazone groups is 1. The smallest absolute Gasteiger partial charge is 0.188 e. The Morgan fingerprint density at radius 2 is 1.94 bits per heavy atom. The minimum Gasteiger partial charge on any atom is -0.497 e. The molecule has 0 unspecified atom stereocenters. The van der Waals surface area contributed by atoms with Crippen LogP contribution in [0, 0.1) is 5.82 Å². The van der Waals surface area contributed by atoms with Crippen LogP contribution in [0.1, 0.15) is 0 Å². The van der Waals surface area contributed by atoms with Crippen LogP contribution in [0.25, 0.3) is 22.4 Å². The molecule has 0 saturated carbocycles. The molecule has 0 saturated heterocycles. The van der Waals surface area contributed by atoms with Gasteiger partial charge in [0.25, 0.3) is 0 Å². The van der Waals surface area contributed by atoms with E-state index in [4.69, 9.17) is 14.5 Å². The first-order valence-corrected chi connectivity index (χ1v) is 10.6. The number of hydrogen-bond donors (Lipinski definition) is 2. The Bertz CT molecular complexity index is 1420. The van der Waals surface area contributed by atoms with E-state index in [1.54, 1.807) is 52.3 Å². The van der Waals surface area contributed by atoms with E-state index in [-0.39, 0.29) is 18.0 Å². The maximum atomic E-state index is 15.5. The third-order valence-electron chi connectivity index (χ3n) is 5.35. The monoisotopic (exact) mass is 478 g/mol. The number of amidine groups is 1. The van der Waals surface area contributed by atoms with E-state index in [1.807, 2.05) is 13.2 Å². The second-order valence-electron chi connectivity index (χ2n) is 7.75. The number of nitrogens with one attached hydrogen (secondary N) is 2. The van der Waals surface area contributed by atoms with Crippen molar-refractivity contribution in [3.8, 4) is 22.8 Å². The van der Waals surface area contributed by atoms with E-state index in [0.717, 1.165) is 5.56 Å². The highest BCUT2D eigenvalue weighted by molar-refractivity contribution is 5.89. The van der Waals surface area contributed by atoms with Crippen LogP contribution in [0.2, 0.25) is 0 Å². The first-order valence-electron chi connectivity index (χ1n) is 10.6. The fourth-order valence-corrected chi connectivity index (χ4v) is 3.64. The van der Waals surface area contributed by atoms with Crippen molar-refractivity contribution in [3.05, 3.63) is 48.7 Å². The van der Waals surface area contributed by atoms with Gasteiger partial charge in [-0.2, -0.15) is 5.10 Å². The quantitative estimate of drug-likeness (QED) is 0.408. The second kappa shape index (κ2) is 9.02. The molecule has 12 nitrogen and oxygen atoms in total. The number of ether oxygens (including phenoxy) is 2. The van der Waals surface area contributed by atoms with Gasteiger partial charge in [-0.1, -0.05) is 0 Å². The number of nitrogens with zero attached hydrogens (tertiary/aromatic N) is 8. The molecule has 0 amide bonds. The van der Waals surface area contributed by atoms with Crippen molar-refractivity contribution in [1.29, 1.82) is 0 Å². The Morgan fingerprint density at radius 3 is 2.63 bits per heavy atom. The molecule has 2 N–H and O–H groups in total. The number of anilines is 2. The minimum atomic E-state index is -0.565. The summed E-state index contributed by atoms with van der Waals surface area (Å²) in [5.74, 6) is 0.888. The Labute approximate surface area is 199 Å². The Morgan fingerprint density at radius 1 is 1.09 bits per heavy atom. The molecular weight excluding hydrogens is 455 g/mol. The van der Waals surface area contributed by atoms with Crippen LogP contribution in [-0.4, -0.2) is 63.5 Å².